The molecular weight excluding hydrogens is 414 g/mol. The number of nitrogens with zero attached hydrogens (tertiary/aromatic N) is 1. The highest BCUT2D eigenvalue weighted by molar-refractivity contribution is 8.03. The highest BCUT2D eigenvalue weighted by atomic mass is 32.2. The standard InChI is InChI=1S/C24H17NO3S2/c1-14(25-28-15(2)26)17-8-10-22-19(13-17)18-11-16(7-9-21(18)29-22)12-24-27-20-5-3-4-6-23(20)30-24/h3-13H,1-2H3. The highest BCUT2D eigenvalue weighted by Gasteiger charge is 2.17. The van der Waals surface area contributed by atoms with Crippen LogP contribution in [0.5, 0.6) is 5.75 Å². The number of thioether (sulfide) groups is 1. The largest absolute Gasteiger partial charge is 0.449 e. The van der Waals surface area contributed by atoms with Crippen LogP contribution in [0.4, 0.5) is 0 Å². The summed E-state index contributed by atoms with van der Waals surface area (Å²) in [5.74, 6) is 0.478. The third kappa shape index (κ3) is 3.60. The molecule has 30 heavy (non-hydrogen) atoms. The van der Waals surface area contributed by atoms with Crippen molar-refractivity contribution in [2.75, 3.05) is 0 Å². The molecule has 0 spiro atoms. The number of ether oxygens (including phenoxy) is 1. The number of rotatable bonds is 3. The normalized spacial score (nSPS) is 14.9. The van der Waals surface area contributed by atoms with Crippen molar-refractivity contribution < 1.29 is 14.4 Å². The zero-order valence-electron chi connectivity index (χ0n) is 16.3. The molecule has 2 heterocycles. The Balaban J connectivity index is 1.53. The molecular formula is C24H17NO3S2. The number of para-hydroxylation sites is 1. The Kier molecular flexibility index (Phi) is 4.81. The molecule has 3 aromatic carbocycles. The van der Waals surface area contributed by atoms with Crippen LogP contribution in [0.25, 0.3) is 26.2 Å². The minimum absolute atomic E-state index is 0.428. The number of hydrogen-bond donors (Lipinski definition) is 0. The molecule has 1 aliphatic heterocycles. The maximum Gasteiger partial charge on any atom is 0.331 e. The molecule has 0 saturated heterocycles. The Bertz CT molecular complexity index is 1340. The third-order valence-corrected chi connectivity index (χ3v) is 6.89. The van der Waals surface area contributed by atoms with Gasteiger partial charge in [-0.3, -0.25) is 0 Å². The van der Waals surface area contributed by atoms with E-state index in [-0.39, 0.29) is 0 Å². The van der Waals surface area contributed by atoms with E-state index in [9.17, 15) is 4.79 Å². The van der Waals surface area contributed by atoms with E-state index in [1.807, 2.05) is 31.2 Å². The van der Waals surface area contributed by atoms with Gasteiger partial charge in [-0.2, -0.15) is 0 Å². The van der Waals surface area contributed by atoms with Crippen LogP contribution in [-0.2, 0) is 9.63 Å². The van der Waals surface area contributed by atoms with Crippen LogP contribution in [0, 0.1) is 0 Å². The number of fused-ring (bicyclic) bond motifs is 4. The zero-order chi connectivity index (χ0) is 20.7. The van der Waals surface area contributed by atoms with Crippen molar-refractivity contribution >= 4 is 61.0 Å². The van der Waals surface area contributed by atoms with Gasteiger partial charge < -0.3 is 9.57 Å². The van der Waals surface area contributed by atoms with Gasteiger partial charge in [0.15, 0.2) is 5.09 Å². The van der Waals surface area contributed by atoms with E-state index in [1.165, 1.54) is 21.7 Å². The van der Waals surface area contributed by atoms with Gasteiger partial charge in [0.1, 0.15) is 5.75 Å². The number of oxime groups is 1. The summed E-state index contributed by atoms with van der Waals surface area (Å²) in [6.45, 7) is 3.17. The molecule has 4 aromatic rings. The van der Waals surface area contributed by atoms with E-state index in [2.05, 4.69) is 47.6 Å². The second-order valence-corrected chi connectivity index (χ2v) is 9.07. The molecule has 0 aliphatic carbocycles. The summed E-state index contributed by atoms with van der Waals surface area (Å²) in [5.41, 5.74) is 2.68. The van der Waals surface area contributed by atoms with E-state index >= 15 is 0 Å². The van der Waals surface area contributed by atoms with Crippen molar-refractivity contribution in [3.8, 4) is 5.75 Å². The lowest BCUT2D eigenvalue weighted by molar-refractivity contribution is -0.140. The first-order valence-electron chi connectivity index (χ1n) is 9.42. The van der Waals surface area contributed by atoms with E-state index in [1.54, 1.807) is 23.1 Å². The summed E-state index contributed by atoms with van der Waals surface area (Å²) in [6, 6.07) is 20.7. The molecule has 1 aromatic heterocycles. The Morgan fingerprint density at radius 3 is 2.57 bits per heavy atom. The van der Waals surface area contributed by atoms with E-state index in [4.69, 9.17) is 9.57 Å². The summed E-state index contributed by atoms with van der Waals surface area (Å²) in [6.07, 6.45) is 2.07. The van der Waals surface area contributed by atoms with Gasteiger partial charge in [-0.1, -0.05) is 29.4 Å². The fourth-order valence-electron chi connectivity index (χ4n) is 3.35. The first kappa shape index (κ1) is 18.9. The van der Waals surface area contributed by atoms with Gasteiger partial charge >= 0.3 is 5.97 Å². The minimum Gasteiger partial charge on any atom is -0.449 e. The SMILES string of the molecule is CC(=O)ON=C(C)c1ccc2sc3ccc(C=C4Oc5ccccc5S4)cc3c2c1. The molecule has 6 heteroatoms. The molecule has 148 valence electrons. The van der Waals surface area contributed by atoms with Gasteiger partial charge in [-0.15, -0.1) is 11.3 Å². The van der Waals surface area contributed by atoms with Gasteiger partial charge in [0.05, 0.1) is 10.6 Å². The Morgan fingerprint density at radius 1 is 1.00 bits per heavy atom. The molecule has 1 aliphatic rings. The lowest BCUT2D eigenvalue weighted by Crippen LogP contribution is -1.99. The van der Waals surface area contributed by atoms with Crippen LogP contribution in [0.15, 0.2) is 75.8 Å². The number of hydrogen-bond acceptors (Lipinski definition) is 6. The average molecular weight is 432 g/mol. The first-order valence-corrected chi connectivity index (χ1v) is 11.1. The van der Waals surface area contributed by atoms with Gasteiger partial charge in [-0.25, -0.2) is 4.79 Å². The fraction of sp³-hybridized carbons (Fsp3) is 0.0833. The molecule has 0 radical (unpaired) electrons. The maximum absolute atomic E-state index is 11.0. The number of carbonyl (C=O) groups is 1. The predicted octanol–water partition coefficient (Wildman–Crippen LogP) is 6.82. The van der Waals surface area contributed by atoms with Gasteiger partial charge in [-0.05, 0) is 72.3 Å². The number of carbonyl (C=O) groups excluding carboxylic acids is 1. The third-order valence-electron chi connectivity index (χ3n) is 4.78. The average Bonchev–Trinajstić information content (AvgIpc) is 3.31. The van der Waals surface area contributed by atoms with Crippen molar-refractivity contribution in [1.29, 1.82) is 0 Å². The molecule has 0 saturated carbocycles. The van der Waals surface area contributed by atoms with Crippen LogP contribution in [0.3, 0.4) is 0 Å². The van der Waals surface area contributed by atoms with E-state index in [0.717, 1.165) is 32.2 Å². The highest BCUT2D eigenvalue weighted by Crippen LogP contribution is 2.44. The molecule has 4 nitrogen and oxygen atoms in total. The second-order valence-electron chi connectivity index (χ2n) is 6.94. The van der Waals surface area contributed by atoms with Crippen LogP contribution >= 0.6 is 23.1 Å². The molecule has 0 fully saturated rings. The van der Waals surface area contributed by atoms with Gasteiger partial charge in [0.2, 0.25) is 0 Å². The Labute approximate surface area is 181 Å². The van der Waals surface area contributed by atoms with Gasteiger partial charge in [0, 0.05) is 27.1 Å². The molecule has 0 N–H and O–H groups in total. The number of thiophene rings is 1. The summed E-state index contributed by atoms with van der Waals surface area (Å²) in [5, 5.41) is 7.14. The minimum atomic E-state index is -0.428. The monoisotopic (exact) mass is 431 g/mol. The quantitative estimate of drug-likeness (QED) is 0.203. The summed E-state index contributed by atoms with van der Waals surface area (Å²) in [7, 11) is 0. The predicted molar refractivity (Wildman–Crippen MR) is 124 cm³/mol. The van der Waals surface area contributed by atoms with Crippen molar-refractivity contribution in [2.24, 2.45) is 5.16 Å². The zero-order valence-corrected chi connectivity index (χ0v) is 18.0. The summed E-state index contributed by atoms with van der Waals surface area (Å²) >= 11 is 3.40. The molecule has 5 rings (SSSR count). The van der Waals surface area contributed by atoms with E-state index in [0.29, 0.717) is 5.71 Å². The van der Waals surface area contributed by atoms with Crippen molar-refractivity contribution in [3.63, 3.8) is 0 Å². The van der Waals surface area contributed by atoms with Crippen molar-refractivity contribution in [2.45, 2.75) is 18.7 Å². The Hall–Kier alpha value is -3.09. The smallest absolute Gasteiger partial charge is 0.331 e. The summed E-state index contributed by atoms with van der Waals surface area (Å²) < 4.78 is 8.39. The molecule has 0 amide bonds. The Morgan fingerprint density at radius 2 is 1.77 bits per heavy atom. The number of benzene rings is 3. The van der Waals surface area contributed by atoms with Crippen molar-refractivity contribution in [3.05, 3.63) is 76.9 Å². The second kappa shape index (κ2) is 7.63. The van der Waals surface area contributed by atoms with Crippen LogP contribution < -0.4 is 4.74 Å². The lowest BCUT2D eigenvalue weighted by atomic mass is 10.1. The van der Waals surface area contributed by atoms with Crippen molar-refractivity contribution in [1.82, 2.24) is 0 Å². The van der Waals surface area contributed by atoms with Gasteiger partial charge in [0.25, 0.3) is 0 Å². The van der Waals surface area contributed by atoms with Crippen LogP contribution in [0.1, 0.15) is 25.0 Å². The lowest BCUT2D eigenvalue weighted by Gasteiger charge is -2.02. The molecule has 0 atom stereocenters. The molecule has 0 unspecified atom stereocenters. The maximum atomic E-state index is 11.0. The topological polar surface area (TPSA) is 47.9 Å². The summed E-state index contributed by atoms with van der Waals surface area (Å²) in [4.78, 5) is 17.0. The molecule has 0 bridgehead atoms. The first-order chi connectivity index (χ1) is 14.6. The van der Waals surface area contributed by atoms with Crippen LogP contribution in [0.2, 0.25) is 0 Å². The van der Waals surface area contributed by atoms with E-state index < -0.39 is 5.97 Å². The fourth-order valence-corrected chi connectivity index (χ4v) is 5.31. The van der Waals surface area contributed by atoms with Crippen LogP contribution in [-0.4, -0.2) is 11.7 Å².